The van der Waals surface area contributed by atoms with Gasteiger partial charge in [0.05, 0.1) is 5.60 Å². The number of rotatable bonds is 2. The molecule has 2 heteroatoms. The fraction of sp³-hybridized carbons (Fsp3) is 0.739. The van der Waals surface area contributed by atoms with E-state index in [-0.39, 0.29) is 11.0 Å². The van der Waals surface area contributed by atoms with E-state index in [0.717, 1.165) is 0 Å². The van der Waals surface area contributed by atoms with Crippen molar-refractivity contribution in [3.05, 3.63) is 35.4 Å². The molecule has 1 saturated heterocycles. The molecule has 1 aliphatic carbocycles. The zero-order chi connectivity index (χ0) is 18.6. The molecule has 140 valence electrons. The van der Waals surface area contributed by atoms with Crippen LogP contribution in [0.25, 0.3) is 0 Å². The maximum Gasteiger partial charge on any atom is 0.0888 e. The molecule has 1 aliphatic heterocycles. The van der Waals surface area contributed by atoms with Gasteiger partial charge in [0.2, 0.25) is 0 Å². The summed E-state index contributed by atoms with van der Waals surface area (Å²) >= 11 is 0. The SMILES string of the molecule is CC(C)N1OC(C)(C)[C@@H]2C[C@H](c3ccc(C(C)(C)C)cc3)C[C@H](C)[C@H]21. The van der Waals surface area contributed by atoms with Gasteiger partial charge in [0.1, 0.15) is 0 Å². The third-order valence-electron chi connectivity index (χ3n) is 6.47. The van der Waals surface area contributed by atoms with Crippen LogP contribution in [-0.4, -0.2) is 22.7 Å². The van der Waals surface area contributed by atoms with Crippen LogP contribution in [0.1, 0.15) is 85.3 Å². The molecular formula is C23H37NO. The highest BCUT2D eigenvalue weighted by Gasteiger charge is 2.54. The Bertz CT molecular complexity index is 596. The molecule has 25 heavy (non-hydrogen) atoms. The topological polar surface area (TPSA) is 12.5 Å². The highest BCUT2D eigenvalue weighted by molar-refractivity contribution is 5.30. The summed E-state index contributed by atoms with van der Waals surface area (Å²) in [5.41, 5.74) is 3.10. The third kappa shape index (κ3) is 3.53. The fourth-order valence-corrected chi connectivity index (χ4v) is 5.03. The summed E-state index contributed by atoms with van der Waals surface area (Å²) in [4.78, 5) is 6.41. The second kappa shape index (κ2) is 6.39. The minimum atomic E-state index is -0.0623. The number of benzene rings is 1. The van der Waals surface area contributed by atoms with E-state index in [1.165, 1.54) is 24.0 Å². The zero-order valence-electron chi connectivity index (χ0n) is 17.5. The smallest absolute Gasteiger partial charge is 0.0888 e. The number of hydrogen-bond acceptors (Lipinski definition) is 2. The van der Waals surface area contributed by atoms with Crippen molar-refractivity contribution in [3.63, 3.8) is 0 Å². The molecule has 2 nitrogen and oxygen atoms in total. The Morgan fingerprint density at radius 3 is 2.20 bits per heavy atom. The van der Waals surface area contributed by atoms with Crippen LogP contribution in [-0.2, 0) is 10.3 Å². The molecule has 4 atom stereocenters. The predicted molar refractivity (Wildman–Crippen MR) is 106 cm³/mol. The minimum Gasteiger partial charge on any atom is -0.292 e. The average molecular weight is 344 g/mol. The van der Waals surface area contributed by atoms with Crippen molar-refractivity contribution >= 4 is 0 Å². The lowest BCUT2D eigenvalue weighted by Gasteiger charge is -2.41. The first-order chi connectivity index (χ1) is 11.5. The molecule has 1 heterocycles. The van der Waals surface area contributed by atoms with Crippen molar-refractivity contribution in [2.75, 3.05) is 0 Å². The fourth-order valence-electron chi connectivity index (χ4n) is 5.03. The quantitative estimate of drug-likeness (QED) is 0.661. The number of hydroxylamine groups is 2. The Morgan fingerprint density at radius 2 is 1.68 bits per heavy atom. The maximum atomic E-state index is 6.41. The van der Waals surface area contributed by atoms with Crippen LogP contribution >= 0.6 is 0 Å². The van der Waals surface area contributed by atoms with Crippen LogP contribution in [0.3, 0.4) is 0 Å². The summed E-state index contributed by atoms with van der Waals surface area (Å²) < 4.78 is 0. The molecule has 1 saturated carbocycles. The van der Waals surface area contributed by atoms with Crippen molar-refractivity contribution in [1.29, 1.82) is 0 Å². The van der Waals surface area contributed by atoms with Gasteiger partial charge in [-0.1, -0.05) is 52.0 Å². The van der Waals surface area contributed by atoms with Crippen molar-refractivity contribution in [3.8, 4) is 0 Å². The molecule has 1 aromatic rings. The molecule has 0 bridgehead atoms. The zero-order valence-corrected chi connectivity index (χ0v) is 17.5. The largest absolute Gasteiger partial charge is 0.292 e. The second-order valence-corrected chi connectivity index (χ2v) is 10.3. The second-order valence-electron chi connectivity index (χ2n) is 10.3. The Hall–Kier alpha value is -0.860. The van der Waals surface area contributed by atoms with Gasteiger partial charge in [-0.15, -0.1) is 0 Å². The van der Waals surface area contributed by atoms with Gasteiger partial charge in [-0.05, 0) is 68.9 Å². The molecule has 2 aliphatic rings. The van der Waals surface area contributed by atoms with E-state index in [1.807, 2.05) is 0 Å². The molecule has 3 rings (SSSR count). The van der Waals surface area contributed by atoms with Crippen molar-refractivity contribution in [1.82, 2.24) is 5.06 Å². The maximum absolute atomic E-state index is 6.41. The van der Waals surface area contributed by atoms with Crippen molar-refractivity contribution in [2.24, 2.45) is 11.8 Å². The van der Waals surface area contributed by atoms with Gasteiger partial charge >= 0.3 is 0 Å². The Morgan fingerprint density at radius 1 is 1.08 bits per heavy atom. The molecule has 0 N–H and O–H groups in total. The Kier molecular flexibility index (Phi) is 4.83. The van der Waals surface area contributed by atoms with Gasteiger partial charge in [-0.2, -0.15) is 5.06 Å². The molecule has 0 aromatic heterocycles. The van der Waals surface area contributed by atoms with Crippen molar-refractivity contribution < 1.29 is 4.84 Å². The van der Waals surface area contributed by atoms with E-state index in [0.29, 0.717) is 29.8 Å². The summed E-state index contributed by atoms with van der Waals surface area (Å²) in [6.07, 6.45) is 2.50. The molecule has 0 amide bonds. The van der Waals surface area contributed by atoms with Gasteiger partial charge in [0.25, 0.3) is 0 Å². The summed E-state index contributed by atoms with van der Waals surface area (Å²) in [7, 11) is 0. The standard InChI is InChI=1S/C23H37NO/c1-15(2)24-21-16(3)13-18(14-20(21)23(7,8)25-24)17-9-11-19(12-10-17)22(4,5)6/h9-12,15-16,18,20-21H,13-14H2,1-8H3/t16-,18+,20+,21+/m0/s1. The van der Waals surface area contributed by atoms with Gasteiger partial charge in [-0.25, -0.2) is 0 Å². The number of nitrogens with zero attached hydrogens (tertiary/aromatic N) is 1. The average Bonchev–Trinajstić information content (AvgIpc) is 2.79. The van der Waals surface area contributed by atoms with E-state index in [9.17, 15) is 0 Å². The summed E-state index contributed by atoms with van der Waals surface area (Å²) in [5.74, 6) is 1.92. The van der Waals surface area contributed by atoms with E-state index in [1.54, 1.807) is 0 Å². The molecule has 0 spiro atoms. The number of fused-ring (bicyclic) bond motifs is 1. The lowest BCUT2D eigenvalue weighted by atomic mass is 9.66. The Balaban J connectivity index is 1.83. The molecule has 2 fully saturated rings. The van der Waals surface area contributed by atoms with Crippen LogP contribution in [0, 0.1) is 11.8 Å². The van der Waals surface area contributed by atoms with Gasteiger partial charge < -0.3 is 0 Å². The number of hydrogen-bond donors (Lipinski definition) is 0. The summed E-state index contributed by atoms with van der Waals surface area (Å²) in [5, 5.41) is 2.30. The van der Waals surface area contributed by atoms with Crippen LogP contribution in [0.2, 0.25) is 0 Å². The highest BCUT2D eigenvalue weighted by atomic mass is 16.7. The van der Waals surface area contributed by atoms with E-state index < -0.39 is 0 Å². The Labute approximate surface area is 154 Å². The molecule has 0 unspecified atom stereocenters. The van der Waals surface area contributed by atoms with Crippen LogP contribution in [0.15, 0.2) is 24.3 Å². The monoisotopic (exact) mass is 343 g/mol. The van der Waals surface area contributed by atoms with Gasteiger partial charge in [0.15, 0.2) is 0 Å². The predicted octanol–water partition coefficient (Wildman–Crippen LogP) is 5.92. The normalized spacial score (nSPS) is 32.8. The first-order valence-corrected chi connectivity index (χ1v) is 10.1. The van der Waals surface area contributed by atoms with E-state index in [4.69, 9.17) is 4.84 Å². The van der Waals surface area contributed by atoms with Gasteiger partial charge in [0, 0.05) is 18.0 Å². The first kappa shape index (κ1) is 18.9. The highest BCUT2D eigenvalue weighted by Crippen LogP contribution is 2.51. The van der Waals surface area contributed by atoms with Crippen LogP contribution < -0.4 is 0 Å². The molecule has 1 aromatic carbocycles. The van der Waals surface area contributed by atoms with Gasteiger partial charge in [-0.3, -0.25) is 4.84 Å². The summed E-state index contributed by atoms with van der Waals surface area (Å²) in [6.45, 7) is 18.4. The molecule has 0 radical (unpaired) electrons. The minimum absolute atomic E-state index is 0.0623. The van der Waals surface area contributed by atoms with Crippen LogP contribution in [0.4, 0.5) is 0 Å². The lowest BCUT2D eigenvalue weighted by Crippen LogP contribution is -2.45. The van der Waals surface area contributed by atoms with Crippen LogP contribution in [0.5, 0.6) is 0 Å². The van der Waals surface area contributed by atoms with E-state index >= 15 is 0 Å². The summed E-state index contributed by atoms with van der Waals surface area (Å²) in [6, 6.07) is 10.4. The van der Waals surface area contributed by atoms with E-state index in [2.05, 4.69) is 84.7 Å². The lowest BCUT2D eigenvalue weighted by molar-refractivity contribution is -0.215. The molecular weight excluding hydrogens is 306 g/mol. The third-order valence-corrected chi connectivity index (χ3v) is 6.47. The first-order valence-electron chi connectivity index (χ1n) is 10.1. The van der Waals surface area contributed by atoms with Crippen molar-refractivity contribution in [2.45, 2.75) is 97.2 Å².